The number of carbonyl (C=O) groups excluding carboxylic acids is 1. The normalized spacial score (nSPS) is 11.4. The minimum Gasteiger partial charge on any atom is -0.308 e. The van der Waals surface area contributed by atoms with E-state index >= 15 is 0 Å². The number of halogens is 4. The number of carbonyl (C=O) groups is 1. The molecule has 3 aromatic heterocycles. The molecule has 0 saturated carbocycles. The quantitative estimate of drug-likeness (QED) is 0.251. The molecule has 0 atom stereocenters. The van der Waals surface area contributed by atoms with Crippen molar-refractivity contribution < 1.29 is 18.0 Å². The van der Waals surface area contributed by atoms with Crippen molar-refractivity contribution >= 4 is 50.6 Å². The molecule has 0 aliphatic rings. The first-order valence-electron chi connectivity index (χ1n) is 10.5. The Morgan fingerprint density at radius 3 is 2.39 bits per heavy atom. The first-order chi connectivity index (χ1) is 17.3. The Kier molecular flexibility index (Phi) is 6.29. The van der Waals surface area contributed by atoms with E-state index in [9.17, 15) is 18.0 Å². The van der Waals surface area contributed by atoms with Crippen LogP contribution in [0.3, 0.4) is 0 Å². The number of rotatable bonds is 4. The van der Waals surface area contributed by atoms with Gasteiger partial charge in [-0.3, -0.25) is 4.98 Å². The monoisotopic (exact) mass is 525 g/mol. The standard InChI is InChI=1S/C25H15ClF3N5OS/c26-20-5-4-17(11-19(20)25(27,28)29)34-24(35)33-16-3-1-2-15(10-16)22-18-12-21(14-6-8-30-9-7-14)36-23(18)32-13-31-22/h1-13H,(H2,33,34,35). The van der Waals surface area contributed by atoms with Gasteiger partial charge in [0, 0.05) is 39.6 Å². The van der Waals surface area contributed by atoms with Gasteiger partial charge in [-0.2, -0.15) is 13.2 Å². The van der Waals surface area contributed by atoms with Gasteiger partial charge in [-0.05, 0) is 54.1 Å². The second kappa shape index (κ2) is 9.56. The van der Waals surface area contributed by atoms with E-state index in [0.29, 0.717) is 11.4 Å². The average Bonchev–Trinajstić information content (AvgIpc) is 3.30. The number of hydrogen-bond donors (Lipinski definition) is 2. The van der Waals surface area contributed by atoms with Crippen LogP contribution in [0, 0.1) is 0 Å². The third-order valence-electron chi connectivity index (χ3n) is 5.22. The topological polar surface area (TPSA) is 79.8 Å². The number of amides is 2. The molecular formula is C25H15ClF3N5OS. The van der Waals surface area contributed by atoms with Gasteiger partial charge >= 0.3 is 12.2 Å². The van der Waals surface area contributed by atoms with Gasteiger partial charge in [-0.1, -0.05) is 23.7 Å². The lowest BCUT2D eigenvalue weighted by Crippen LogP contribution is -2.20. The van der Waals surface area contributed by atoms with Crippen LogP contribution in [0.2, 0.25) is 5.02 Å². The van der Waals surface area contributed by atoms with Crippen LogP contribution in [0.25, 0.3) is 31.9 Å². The van der Waals surface area contributed by atoms with Crippen LogP contribution >= 0.6 is 22.9 Å². The van der Waals surface area contributed by atoms with Gasteiger partial charge in [0.15, 0.2) is 0 Å². The predicted molar refractivity (Wildman–Crippen MR) is 135 cm³/mol. The molecule has 6 nitrogen and oxygen atoms in total. The van der Waals surface area contributed by atoms with Gasteiger partial charge in [0.1, 0.15) is 11.2 Å². The summed E-state index contributed by atoms with van der Waals surface area (Å²) in [6.07, 6.45) is 0.290. The molecule has 0 unspecified atom stereocenters. The predicted octanol–water partition coefficient (Wildman–Crippen LogP) is 7.74. The van der Waals surface area contributed by atoms with Gasteiger partial charge in [0.2, 0.25) is 0 Å². The third-order valence-corrected chi connectivity index (χ3v) is 6.64. The van der Waals surface area contributed by atoms with Crippen molar-refractivity contribution in [3.63, 3.8) is 0 Å². The number of nitrogens with one attached hydrogen (secondary N) is 2. The summed E-state index contributed by atoms with van der Waals surface area (Å²) < 4.78 is 39.3. The molecular weight excluding hydrogens is 511 g/mol. The number of alkyl halides is 3. The lowest BCUT2D eigenvalue weighted by atomic mass is 10.1. The van der Waals surface area contributed by atoms with Crippen LogP contribution in [0.1, 0.15) is 5.56 Å². The van der Waals surface area contributed by atoms with Crippen LogP contribution in [0.4, 0.5) is 29.3 Å². The number of urea groups is 1. The van der Waals surface area contributed by atoms with Gasteiger partial charge in [-0.15, -0.1) is 11.3 Å². The highest BCUT2D eigenvalue weighted by Gasteiger charge is 2.33. The molecule has 0 aliphatic heterocycles. The molecule has 11 heteroatoms. The molecule has 36 heavy (non-hydrogen) atoms. The van der Waals surface area contributed by atoms with E-state index in [1.54, 1.807) is 30.6 Å². The Morgan fingerprint density at radius 1 is 0.889 bits per heavy atom. The first kappa shape index (κ1) is 23.7. The molecule has 2 N–H and O–H groups in total. The molecule has 0 fully saturated rings. The van der Waals surface area contributed by atoms with Crippen molar-refractivity contribution in [1.29, 1.82) is 0 Å². The zero-order valence-corrected chi connectivity index (χ0v) is 19.7. The molecule has 0 saturated heterocycles. The largest absolute Gasteiger partial charge is 0.417 e. The van der Waals surface area contributed by atoms with E-state index in [4.69, 9.17) is 11.6 Å². The first-order valence-corrected chi connectivity index (χ1v) is 11.7. The number of benzene rings is 2. The van der Waals surface area contributed by atoms with Crippen molar-refractivity contribution in [1.82, 2.24) is 15.0 Å². The molecule has 0 aliphatic carbocycles. The summed E-state index contributed by atoms with van der Waals surface area (Å²) in [6.45, 7) is 0. The van der Waals surface area contributed by atoms with Crippen LogP contribution in [0.5, 0.6) is 0 Å². The number of anilines is 2. The van der Waals surface area contributed by atoms with Crippen molar-refractivity contribution in [2.75, 3.05) is 10.6 Å². The van der Waals surface area contributed by atoms with Crippen molar-refractivity contribution in [2.45, 2.75) is 6.18 Å². The lowest BCUT2D eigenvalue weighted by molar-refractivity contribution is -0.137. The van der Waals surface area contributed by atoms with E-state index in [2.05, 4.69) is 25.6 Å². The van der Waals surface area contributed by atoms with Crippen molar-refractivity contribution in [2.24, 2.45) is 0 Å². The molecule has 5 aromatic rings. The van der Waals surface area contributed by atoms with E-state index in [1.165, 1.54) is 23.7 Å². The third kappa shape index (κ3) is 5.00. The van der Waals surface area contributed by atoms with Crippen LogP contribution < -0.4 is 10.6 Å². The Morgan fingerprint density at radius 2 is 1.64 bits per heavy atom. The van der Waals surface area contributed by atoms with E-state index < -0.39 is 22.8 Å². The highest BCUT2D eigenvalue weighted by atomic mass is 35.5. The zero-order chi connectivity index (χ0) is 25.3. The minimum absolute atomic E-state index is 0.0418. The van der Waals surface area contributed by atoms with Gasteiger partial charge in [0.25, 0.3) is 0 Å². The second-order valence-corrected chi connectivity index (χ2v) is 9.08. The summed E-state index contributed by atoms with van der Waals surface area (Å²) in [5, 5.41) is 5.45. The SMILES string of the molecule is O=C(Nc1cccc(-c2ncnc3sc(-c4ccncc4)cc23)c1)Nc1ccc(Cl)c(C(F)(F)F)c1. The molecule has 2 amide bonds. The minimum atomic E-state index is -4.64. The Balaban J connectivity index is 1.39. The zero-order valence-electron chi connectivity index (χ0n) is 18.2. The Hall–Kier alpha value is -4.02. The number of thiophene rings is 1. The van der Waals surface area contributed by atoms with Gasteiger partial charge in [0.05, 0.1) is 16.3 Å². The number of aromatic nitrogens is 3. The molecule has 0 bridgehead atoms. The maximum atomic E-state index is 13.1. The fourth-order valence-corrected chi connectivity index (χ4v) is 4.83. The fourth-order valence-electron chi connectivity index (χ4n) is 3.60. The second-order valence-electron chi connectivity index (χ2n) is 7.64. The summed E-state index contributed by atoms with van der Waals surface area (Å²) in [7, 11) is 0. The smallest absolute Gasteiger partial charge is 0.308 e. The summed E-state index contributed by atoms with van der Waals surface area (Å²) in [5.74, 6) is 0. The maximum Gasteiger partial charge on any atom is 0.417 e. The van der Waals surface area contributed by atoms with Gasteiger partial charge < -0.3 is 10.6 Å². The van der Waals surface area contributed by atoms with Crippen molar-refractivity contribution in [3.8, 4) is 21.7 Å². The molecule has 180 valence electrons. The summed E-state index contributed by atoms with van der Waals surface area (Å²) in [5.41, 5.74) is 1.81. The summed E-state index contributed by atoms with van der Waals surface area (Å²) >= 11 is 7.17. The lowest BCUT2D eigenvalue weighted by Gasteiger charge is -2.13. The Bertz CT molecular complexity index is 1570. The summed E-state index contributed by atoms with van der Waals surface area (Å²) in [6, 6.07) is 15.3. The molecule has 0 radical (unpaired) electrons. The number of pyridine rings is 1. The van der Waals surface area contributed by atoms with Crippen molar-refractivity contribution in [3.05, 3.63) is 90.0 Å². The fraction of sp³-hybridized carbons (Fsp3) is 0.0400. The highest BCUT2D eigenvalue weighted by Crippen LogP contribution is 2.37. The van der Waals surface area contributed by atoms with Crippen LogP contribution in [0.15, 0.2) is 79.4 Å². The van der Waals surface area contributed by atoms with Crippen LogP contribution in [-0.4, -0.2) is 21.0 Å². The molecule has 5 rings (SSSR count). The molecule has 3 heterocycles. The Labute approximate surface area is 211 Å². The van der Waals surface area contributed by atoms with E-state index in [-0.39, 0.29) is 5.69 Å². The van der Waals surface area contributed by atoms with E-state index in [0.717, 1.165) is 38.4 Å². The van der Waals surface area contributed by atoms with E-state index in [1.807, 2.05) is 24.3 Å². The highest BCUT2D eigenvalue weighted by molar-refractivity contribution is 7.21. The van der Waals surface area contributed by atoms with Gasteiger partial charge in [-0.25, -0.2) is 14.8 Å². The van der Waals surface area contributed by atoms with Crippen LogP contribution in [-0.2, 0) is 6.18 Å². The number of nitrogens with zero attached hydrogens (tertiary/aromatic N) is 3. The number of fused-ring (bicyclic) bond motifs is 1. The summed E-state index contributed by atoms with van der Waals surface area (Å²) in [4.78, 5) is 27.2. The molecule has 2 aromatic carbocycles. The average molecular weight is 526 g/mol. The molecule has 0 spiro atoms. The maximum absolute atomic E-state index is 13.1. The number of hydrogen-bond acceptors (Lipinski definition) is 5.